The molecule has 3 amide bonds. The lowest BCUT2D eigenvalue weighted by Crippen LogP contribution is -2.32. The smallest absolute Gasteiger partial charge is 0.282 e. The van der Waals surface area contributed by atoms with Crippen LogP contribution >= 0.6 is 0 Å². The van der Waals surface area contributed by atoms with Crippen LogP contribution in [0.15, 0.2) is 72.4 Å². The van der Waals surface area contributed by atoms with Crippen LogP contribution in [0.5, 0.6) is 0 Å². The summed E-state index contributed by atoms with van der Waals surface area (Å²) in [6, 6.07) is 20.2. The second-order valence-electron chi connectivity index (χ2n) is 8.29. The van der Waals surface area contributed by atoms with Gasteiger partial charge in [-0.25, -0.2) is 4.90 Å². The number of imide groups is 1. The molecule has 1 heterocycles. The highest BCUT2D eigenvalue weighted by Gasteiger charge is 2.40. The Hall–Kier alpha value is -4.19. The highest BCUT2D eigenvalue weighted by Crippen LogP contribution is 2.34. The Morgan fingerprint density at radius 1 is 0.727 bits per heavy atom. The molecule has 4 rings (SSSR count). The summed E-state index contributed by atoms with van der Waals surface area (Å²) < 4.78 is 0. The number of anilines is 3. The van der Waals surface area contributed by atoms with E-state index in [9.17, 15) is 14.4 Å². The van der Waals surface area contributed by atoms with Gasteiger partial charge in [-0.2, -0.15) is 0 Å². The van der Waals surface area contributed by atoms with E-state index in [-0.39, 0.29) is 17.5 Å². The van der Waals surface area contributed by atoms with Gasteiger partial charge in [-0.3, -0.25) is 14.4 Å². The number of benzene rings is 3. The minimum absolute atomic E-state index is 0.166. The fourth-order valence-corrected chi connectivity index (χ4v) is 3.93. The van der Waals surface area contributed by atoms with Crippen LogP contribution in [0, 0.1) is 20.8 Å². The molecule has 0 radical (unpaired) electrons. The molecule has 1 aliphatic rings. The van der Waals surface area contributed by atoms with Crippen molar-refractivity contribution < 1.29 is 14.4 Å². The molecule has 0 saturated heterocycles. The van der Waals surface area contributed by atoms with Crippen LogP contribution in [0.4, 0.5) is 17.1 Å². The highest BCUT2D eigenvalue weighted by atomic mass is 16.2. The first-order valence-electron chi connectivity index (χ1n) is 10.7. The third-order valence-electron chi connectivity index (χ3n) is 5.36. The van der Waals surface area contributed by atoms with E-state index in [0.29, 0.717) is 28.2 Å². The summed E-state index contributed by atoms with van der Waals surface area (Å²) >= 11 is 0. The number of aryl methyl sites for hydroxylation is 3. The van der Waals surface area contributed by atoms with Crippen molar-refractivity contribution in [2.24, 2.45) is 0 Å². The summed E-state index contributed by atoms with van der Waals surface area (Å²) in [6.07, 6.45) is 0. The Morgan fingerprint density at radius 2 is 1.30 bits per heavy atom. The molecule has 0 atom stereocenters. The number of amides is 3. The van der Waals surface area contributed by atoms with Crippen LogP contribution in [0.25, 0.3) is 5.57 Å². The van der Waals surface area contributed by atoms with Gasteiger partial charge in [0.2, 0.25) is 5.91 Å². The molecule has 33 heavy (non-hydrogen) atoms. The molecule has 6 nitrogen and oxygen atoms in total. The van der Waals surface area contributed by atoms with Crippen LogP contribution < -0.4 is 15.5 Å². The Morgan fingerprint density at radius 3 is 1.88 bits per heavy atom. The average molecular weight is 440 g/mol. The van der Waals surface area contributed by atoms with Crippen molar-refractivity contribution in [2.75, 3.05) is 15.5 Å². The number of hydrogen-bond acceptors (Lipinski definition) is 4. The Balaban J connectivity index is 1.76. The van der Waals surface area contributed by atoms with E-state index >= 15 is 0 Å². The Labute approximate surface area is 192 Å². The summed E-state index contributed by atoms with van der Waals surface area (Å²) in [5.74, 6) is -0.946. The van der Waals surface area contributed by atoms with Crippen LogP contribution in [0.1, 0.15) is 29.2 Å². The molecule has 6 heteroatoms. The summed E-state index contributed by atoms with van der Waals surface area (Å²) in [5, 5.41) is 5.86. The standard InChI is InChI=1S/C27H25N3O3/c1-16-5-7-20(8-6-16)24-25(29-22-11-9-21(10-12-22)28-19(4)31)27(33)30(26(24)32)23-14-17(2)13-18(3)15-23/h5-15,29H,1-4H3,(H,28,31). The molecule has 166 valence electrons. The second kappa shape index (κ2) is 8.74. The van der Waals surface area contributed by atoms with Crippen LogP contribution in [0.2, 0.25) is 0 Å². The maximum atomic E-state index is 13.6. The maximum Gasteiger partial charge on any atom is 0.282 e. The van der Waals surface area contributed by atoms with Gasteiger partial charge in [-0.1, -0.05) is 35.9 Å². The van der Waals surface area contributed by atoms with Crippen molar-refractivity contribution in [2.45, 2.75) is 27.7 Å². The molecule has 0 spiro atoms. The summed E-state index contributed by atoms with van der Waals surface area (Å²) in [6.45, 7) is 7.28. The number of rotatable bonds is 5. The number of nitrogens with one attached hydrogen (secondary N) is 2. The highest BCUT2D eigenvalue weighted by molar-refractivity contribution is 6.46. The minimum atomic E-state index is -0.411. The van der Waals surface area contributed by atoms with Gasteiger partial charge in [0.25, 0.3) is 11.8 Å². The zero-order valence-electron chi connectivity index (χ0n) is 19.0. The van der Waals surface area contributed by atoms with E-state index < -0.39 is 5.91 Å². The van der Waals surface area contributed by atoms with Crippen molar-refractivity contribution >= 4 is 40.4 Å². The van der Waals surface area contributed by atoms with Gasteiger partial charge in [0, 0.05) is 18.3 Å². The van der Waals surface area contributed by atoms with Gasteiger partial charge >= 0.3 is 0 Å². The monoisotopic (exact) mass is 439 g/mol. The van der Waals surface area contributed by atoms with E-state index in [2.05, 4.69) is 10.6 Å². The first kappa shape index (κ1) is 22.0. The van der Waals surface area contributed by atoms with Crippen molar-refractivity contribution in [3.63, 3.8) is 0 Å². The summed E-state index contributed by atoms with van der Waals surface area (Å²) in [4.78, 5) is 39.6. The quantitative estimate of drug-likeness (QED) is 0.551. The van der Waals surface area contributed by atoms with Gasteiger partial charge < -0.3 is 10.6 Å². The molecule has 0 aromatic heterocycles. The van der Waals surface area contributed by atoms with E-state index in [0.717, 1.165) is 16.7 Å². The molecule has 1 aliphatic heterocycles. The second-order valence-corrected chi connectivity index (χ2v) is 8.29. The Kier molecular flexibility index (Phi) is 5.84. The molecule has 3 aromatic rings. The minimum Gasteiger partial charge on any atom is -0.350 e. The van der Waals surface area contributed by atoms with Gasteiger partial charge in [0.15, 0.2) is 0 Å². The molecular formula is C27H25N3O3. The Bertz CT molecular complexity index is 1270. The predicted molar refractivity (Wildman–Crippen MR) is 131 cm³/mol. The molecule has 0 unspecified atom stereocenters. The first-order chi connectivity index (χ1) is 15.7. The van der Waals surface area contributed by atoms with E-state index in [1.807, 2.05) is 63.2 Å². The third kappa shape index (κ3) is 4.55. The zero-order valence-corrected chi connectivity index (χ0v) is 19.0. The SMILES string of the molecule is CC(=O)Nc1ccc(NC2=C(c3ccc(C)cc3)C(=O)N(c3cc(C)cc(C)c3)C2=O)cc1. The number of carbonyl (C=O) groups excluding carboxylic acids is 3. The number of carbonyl (C=O) groups is 3. The molecule has 0 saturated carbocycles. The molecule has 0 bridgehead atoms. The third-order valence-corrected chi connectivity index (χ3v) is 5.36. The predicted octanol–water partition coefficient (Wildman–Crippen LogP) is 4.97. The summed E-state index contributed by atoms with van der Waals surface area (Å²) in [5.41, 5.74) is 6.03. The van der Waals surface area contributed by atoms with Gasteiger partial charge in [0.05, 0.1) is 11.3 Å². The van der Waals surface area contributed by atoms with Crippen LogP contribution in [0.3, 0.4) is 0 Å². The molecule has 0 aliphatic carbocycles. The molecule has 0 fully saturated rings. The normalized spacial score (nSPS) is 13.5. The van der Waals surface area contributed by atoms with E-state index in [4.69, 9.17) is 0 Å². The first-order valence-corrected chi connectivity index (χ1v) is 10.7. The van der Waals surface area contributed by atoms with Crippen molar-refractivity contribution in [1.29, 1.82) is 0 Å². The zero-order chi connectivity index (χ0) is 23.7. The largest absolute Gasteiger partial charge is 0.350 e. The molecule has 3 aromatic carbocycles. The van der Waals surface area contributed by atoms with E-state index in [1.54, 1.807) is 24.3 Å². The number of nitrogens with zero attached hydrogens (tertiary/aromatic N) is 1. The summed E-state index contributed by atoms with van der Waals surface area (Å²) in [7, 11) is 0. The van der Waals surface area contributed by atoms with Gasteiger partial charge in [-0.15, -0.1) is 0 Å². The fourth-order valence-electron chi connectivity index (χ4n) is 3.93. The topological polar surface area (TPSA) is 78.5 Å². The lowest BCUT2D eigenvalue weighted by Gasteiger charge is -2.17. The van der Waals surface area contributed by atoms with Gasteiger partial charge in [0.1, 0.15) is 5.70 Å². The van der Waals surface area contributed by atoms with Crippen LogP contribution in [-0.2, 0) is 14.4 Å². The van der Waals surface area contributed by atoms with Crippen molar-refractivity contribution in [1.82, 2.24) is 0 Å². The molecule has 2 N–H and O–H groups in total. The van der Waals surface area contributed by atoms with Gasteiger partial charge in [-0.05, 0) is 73.9 Å². The lowest BCUT2D eigenvalue weighted by molar-refractivity contribution is -0.120. The van der Waals surface area contributed by atoms with Crippen molar-refractivity contribution in [3.05, 3.63) is 94.7 Å². The average Bonchev–Trinajstić information content (AvgIpc) is 2.98. The fraction of sp³-hybridized carbons (Fsp3) is 0.148. The van der Waals surface area contributed by atoms with E-state index in [1.165, 1.54) is 11.8 Å². The molecular weight excluding hydrogens is 414 g/mol. The number of hydrogen-bond donors (Lipinski definition) is 2. The maximum absolute atomic E-state index is 13.6. The van der Waals surface area contributed by atoms with Crippen LogP contribution in [-0.4, -0.2) is 17.7 Å². The lowest BCUT2D eigenvalue weighted by atomic mass is 10.0. The van der Waals surface area contributed by atoms with Crippen molar-refractivity contribution in [3.8, 4) is 0 Å².